The van der Waals surface area contributed by atoms with Gasteiger partial charge >= 0.3 is 0 Å². The van der Waals surface area contributed by atoms with Crippen molar-refractivity contribution >= 4 is 58.5 Å². The maximum atomic E-state index is 3.66. The lowest BCUT2D eigenvalue weighted by molar-refractivity contribution is 1.59. The number of hydrogen-bond donors (Lipinski definition) is 0. The predicted molar refractivity (Wildman–Crippen MR) is 109 cm³/mol. The SMILES string of the molecule is Bc1cc(-c2ccccc2Br)c(B)cc1-c1ccccc1Br. The minimum Gasteiger partial charge on any atom is -0.0807 e. The van der Waals surface area contributed by atoms with E-state index in [0.29, 0.717) is 0 Å². The maximum Gasteiger partial charge on any atom is 0.140 e. The molecule has 0 atom stereocenters. The average molecular weight is 412 g/mol. The molecule has 4 heteroatoms. The standard InChI is InChI=1S/C18H14B2Br2/c19-15-10-14(12-6-2-4-8-18(12)22)16(20)9-13(15)11-5-1-3-7-17(11)21/h1-10H,19-20H2. The van der Waals surface area contributed by atoms with Crippen LogP contribution in [0.3, 0.4) is 0 Å². The van der Waals surface area contributed by atoms with Crippen molar-refractivity contribution in [3.8, 4) is 22.3 Å². The molecular weight excluding hydrogens is 398 g/mol. The quantitative estimate of drug-likeness (QED) is 0.569. The molecule has 22 heavy (non-hydrogen) atoms. The smallest absolute Gasteiger partial charge is 0.0807 e. The summed E-state index contributed by atoms with van der Waals surface area (Å²) < 4.78 is 2.26. The third kappa shape index (κ3) is 2.95. The molecule has 0 saturated carbocycles. The molecule has 0 spiro atoms. The Morgan fingerprint density at radius 2 is 0.909 bits per heavy atom. The molecule has 0 radical (unpaired) electrons. The first-order valence-corrected chi connectivity index (χ1v) is 8.77. The Hall–Kier alpha value is -1.25. The van der Waals surface area contributed by atoms with E-state index >= 15 is 0 Å². The van der Waals surface area contributed by atoms with Crippen LogP contribution in [0.15, 0.2) is 69.6 Å². The molecule has 0 aliphatic heterocycles. The van der Waals surface area contributed by atoms with Crippen LogP contribution in [-0.2, 0) is 0 Å². The molecule has 0 fully saturated rings. The third-order valence-corrected chi connectivity index (χ3v) is 5.28. The lowest BCUT2D eigenvalue weighted by Gasteiger charge is -2.15. The molecule has 3 aromatic rings. The monoisotopic (exact) mass is 410 g/mol. The van der Waals surface area contributed by atoms with Gasteiger partial charge in [0.05, 0.1) is 0 Å². The molecule has 3 aromatic carbocycles. The highest BCUT2D eigenvalue weighted by Gasteiger charge is 2.11. The number of halogens is 2. The van der Waals surface area contributed by atoms with Gasteiger partial charge in [-0.05, 0) is 34.4 Å². The molecule has 0 bridgehead atoms. The fourth-order valence-corrected chi connectivity index (χ4v) is 3.75. The van der Waals surface area contributed by atoms with Crippen molar-refractivity contribution in [3.05, 3.63) is 69.6 Å². The molecular formula is C18H14B2Br2. The van der Waals surface area contributed by atoms with Crippen LogP contribution in [0.4, 0.5) is 0 Å². The number of rotatable bonds is 2. The van der Waals surface area contributed by atoms with Gasteiger partial charge in [-0.25, -0.2) is 0 Å². The zero-order valence-corrected chi connectivity index (χ0v) is 15.7. The number of hydrogen-bond acceptors (Lipinski definition) is 0. The van der Waals surface area contributed by atoms with E-state index in [9.17, 15) is 0 Å². The fraction of sp³-hybridized carbons (Fsp3) is 0. The van der Waals surface area contributed by atoms with Gasteiger partial charge < -0.3 is 0 Å². The highest BCUT2D eigenvalue weighted by atomic mass is 79.9. The van der Waals surface area contributed by atoms with Crippen LogP contribution in [0.1, 0.15) is 0 Å². The maximum absolute atomic E-state index is 3.66. The van der Waals surface area contributed by atoms with Gasteiger partial charge in [-0.3, -0.25) is 0 Å². The Morgan fingerprint density at radius 1 is 0.545 bits per heavy atom. The second-order valence-electron chi connectivity index (χ2n) is 5.44. The third-order valence-electron chi connectivity index (χ3n) is 3.90. The molecule has 0 amide bonds. The minimum atomic E-state index is 1.13. The Kier molecular flexibility index (Phi) is 4.60. The summed E-state index contributed by atoms with van der Waals surface area (Å²) in [7, 11) is 4.35. The zero-order valence-electron chi connectivity index (χ0n) is 12.5. The van der Waals surface area contributed by atoms with Crippen molar-refractivity contribution in [2.45, 2.75) is 0 Å². The van der Waals surface area contributed by atoms with Crippen molar-refractivity contribution in [1.82, 2.24) is 0 Å². The van der Waals surface area contributed by atoms with Gasteiger partial charge in [0.15, 0.2) is 0 Å². The van der Waals surface area contributed by atoms with Crippen LogP contribution in [0.2, 0.25) is 0 Å². The lowest BCUT2D eigenvalue weighted by atomic mass is 9.78. The Bertz CT molecular complexity index is 773. The van der Waals surface area contributed by atoms with Crippen molar-refractivity contribution in [2.24, 2.45) is 0 Å². The second-order valence-corrected chi connectivity index (χ2v) is 7.15. The number of benzene rings is 3. The van der Waals surface area contributed by atoms with E-state index in [-0.39, 0.29) is 0 Å². The Labute approximate surface area is 150 Å². The fourth-order valence-electron chi connectivity index (χ4n) is 2.76. The van der Waals surface area contributed by atoms with Gasteiger partial charge in [-0.15, -0.1) is 0 Å². The summed E-state index contributed by atoms with van der Waals surface area (Å²) in [5, 5.41) is 0. The average Bonchev–Trinajstić information content (AvgIpc) is 2.51. The molecule has 0 aromatic heterocycles. The van der Waals surface area contributed by atoms with Gasteiger partial charge in [0.1, 0.15) is 15.7 Å². The van der Waals surface area contributed by atoms with Crippen molar-refractivity contribution in [1.29, 1.82) is 0 Å². The molecule has 3 rings (SSSR count). The molecule has 106 valence electrons. The Morgan fingerprint density at radius 3 is 1.27 bits per heavy atom. The van der Waals surface area contributed by atoms with E-state index in [2.05, 4.69) is 96.1 Å². The molecule has 0 N–H and O–H groups in total. The summed E-state index contributed by atoms with van der Waals surface area (Å²) in [4.78, 5) is 0. The van der Waals surface area contributed by atoms with E-state index in [1.54, 1.807) is 0 Å². The molecule has 0 aliphatic carbocycles. The van der Waals surface area contributed by atoms with Gasteiger partial charge in [0.2, 0.25) is 0 Å². The topological polar surface area (TPSA) is 0 Å². The van der Waals surface area contributed by atoms with Crippen LogP contribution in [0, 0.1) is 0 Å². The predicted octanol–water partition coefficient (Wildman–Crippen LogP) is 3.06. The summed E-state index contributed by atoms with van der Waals surface area (Å²) in [5.41, 5.74) is 7.59. The van der Waals surface area contributed by atoms with E-state index < -0.39 is 0 Å². The van der Waals surface area contributed by atoms with Crippen LogP contribution < -0.4 is 10.9 Å². The molecule has 0 unspecified atom stereocenters. The highest BCUT2D eigenvalue weighted by Crippen LogP contribution is 2.30. The van der Waals surface area contributed by atoms with E-state index in [0.717, 1.165) is 8.95 Å². The zero-order chi connectivity index (χ0) is 15.7. The molecule has 0 nitrogen and oxygen atoms in total. The van der Waals surface area contributed by atoms with Gasteiger partial charge in [-0.1, -0.05) is 91.3 Å². The van der Waals surface area contributed by atoms with Gasteiger partial charge in [0.25, 0.3) is 0 Å². The van der Waals surface area contributed by atoms with Crippen LogP contribution in [0.5, 0.6) is 0 Å². The van der Waals surface area contributed by atoms with E-state index in [1.165, 1.54) is 33.2 Å². The highest BCUT2D eigenvalue weighted by molar-refractivity contribution is 9.11. The summed E-state index contributed by atoms with van der Waals surface area (Å²) in [6.07, 6.45) is 0. The van der Waals surface area contributed by atoms with Crippen molar-refractivity contribution < 1.29 is 0 Å². The Balaban J connectivity index is 2.18. The van der Waals surface area contributed by atoms with Crippen LogP contribution >= 0.6 is 31.9 Å². The minimum absolute atomic E-state index is 1.13. The van der Waals surface area contributed by atoms with Crippen molar-refractivity contribution in [2.75, 3.05) is 0 Å². The van der Waals surface area contributed by atoms with Crippen LogP contribution in [-0.4, -0.2) is 15.7 Å². The second kappa shape index (κ2) is 6.47. The van der Waals surface area contributed by atoms with Gasteiger partial charge in [-0.2, -0.15) is 0 Å². The first kappa shape index (κ1) is 15.6. The largest absolute Gasteiger partial charge is 0.140 e. The summed E-state index contributed by atoms with van der Waals surface area (Å²) in [5.74, 6) is 0. The summed E-state index contributed by atoms with van der Waals surface area (Å²) in [6.45, 7) is 0. The first-order valence-electron chi connectivity index (χ1n) is 7.19. The lowest BCUT2D eigenvalue weighted by Crippen LogP contribution is -2.17. The molecule has 0 heterocycles. The molecule has 0 saturated heterocycles. The van der Waals surface area contributed by atoms with Crippen molar-refractivity contribution in [3.63, 3.8) is 0 Å². The van der Waals surface area contributed by atoms with E-state index in [1.807, 2.05) is 12.1 Å². The first-order chi connectivity index (χ1) is 10.6. The normalized spacial score (nSPS) is 10.6. The summed E-state index contributed by atoms with van der Waals surface area (Å²) >= 11 is 7.32. The van der Waals surface area contributed by atoms with Crippen LogP contribution in [0.25, 0.3) is 22.3 Å². The van der Waals surface area contributed by atoms with Gasteiger partial charge in [0, 0.05) is 8.95 Å². The molecule has 0 aliphatic rings. The van der Waals surface area contributed by atoms with E-state index in [4.69, 9.17) is 0 Å². The summed E-state index contributed by atoms with van der Waals surface area (Å²) in [6, 6.07) is 21.3.